The quantitative estimate of drug-likeness (QED) is 0.454. The number of hydrogen-bond acceptors (Lipinski definition) is 5. The second-order valence-electron chi connectivity index (χ2n) is 4.05. The highest BCUT2D eigenvalue weighted by Gasteiger charge is 2.20. The van der Waals surface area contributed by atoms with Crippen molar-refractivity contribution in [2.45, 2.75) is 11.8 Å². The number of pyridine rings is 1. The van der Waals surface area contributed by atoms with E-state index in [1.165, 1.54) is 31.2 Å². The number of ketones is 1. The molecule has 1 aromatic carbocycles. The molecule has 1 aromatic heterocycles. The molecule has 2 aromatic rings. The molecular weight excluding hydrogens is 382 g/mol. The molecule has 2 rings (SSSR count). The van der Waals surface area contributed by atoms with Gasteiger partial charge in [0.05, 0.1) is 11.8 Å². The van der Waals surface area contributed by atoms with Gasteiger partial charge in [-0.3, -0.25) is 4.79 Å². The van der Waals surface area contributed by atoms with E-state index in [9.17, 15) is 13.2 Å². The average Bonchev–Trinajstić information content (AvgIpc) is 2.41. The van der Waals surface area contributed by atoms with Gasteiger partial charge in [-0.25, -0.2) is 4.98 Å². The van der Waals surface area contributed by atoms with Gasteiger partial charge in [0.1, 0.15) is 10.0 Å². The number of carbonyl (C=O) groups excluding carboxylic acids is 1. The van der Waals surface area contributed by atoms with E-state index in [0.29, 0.717) is 4.47 Å². The Morgan fingerprint density at radius 1 is 1.29 bits per heavy atom. The summed E-state index contributed by atoms with van der Waals surface area (Å²) < 4.78 is 30.0. The molecule has 0 N–H and O–H groups in total. The van der Waals surface area contributed by atoms with Crippen molar-refractivity contribution < 1.29 is 17.4 Å². The van der Waals surface area contributed by atoms with Crippen molar-refractivity contribution in [1.29, 1.82) is 0 Å². The fourth-order valence-electron chi connectivity index (χ4n) is 1.53. The minimum absolute atomic E-state index is 0.0411. The Labute approximate surface area is 135 Å². The van der Waals surface area contributed by atoms with Gasteiger partial charge in [-0.05, 0) is 37.3 Å². The Bertz CT molecular complexity index is 790. The molecular formula is C13H9BrClNO4S. The molecule has 0 aliphatic heterocycles. The highest BCUT2D eigenvalue weighted by atomic mass is 79.9. The van der Waals surface area contributed by atoms with Crippen LogP contribution in [0.15, 0.2) is 45.9 Å². The van der Waals surface area contributed by atoms with Crippen molar-refractivity contribution in [2.75, 3.05) is 0 Å². The average molecular weight is 391 g/mol. The van der Waals surface area contributed by atoms with E-state index in [2.05, 4.69) is 20.9 Å². The molecule has 0 unspecified atom stereocenters. The zero-order chi connectivity index (χ0) is 15.6. The normalized spacial score (nSPS) is 11.2. The molecule has 0 aliphatic carbocycles. The lowest BCUT2D eigenvalue weighted by Crippen LogP contribution is -2.12. The van der Waals surface area contributed by atoms with E-state index in [4.69, 9.17) is 15.8 Å². The fraction of sp³-hybridized carbons (Fsp3) is 0.0769. The van der Waals surface area contributed by atoms with Gasteiger partial charge in [0.25, 0.3) is 0 Å². The summed E-state index contributed by atoms with van der Waals surface area (Å²) in [6, 6.07) is 7.09. The number of carbonyl (C=O) groups is 1. The van der Waals surface area contributed by atoms with Gasteiger partial charge in [0.15, 0.2) is 11.5 Å². The second-order valence-corrected chi connectivity index (χ2v) is 6.90. The van der Waals surface area contributed by atoms with Crippen molar-refractivity contribution in [1.82, 2.24) is 4.98 Å². The lowest BCUT2D eigenvalue weighted by Gasteiger charge is -2.10. The van der Waals surface area contributed by atoms with E-state index in [-0.39, 0.29) is 27.1 Å². The van der Waals surface area contributed by atoms with Gasteiger partial charge >= 0.3 is 10.1 Å². The molecule has 0 fully saturated rings. The summed E-state index contributed by atoms with van der Waals surface area (Å²) in [4.78, 5) is 15.1. The Hall–Kier alpha value is -1.44. The topological polar surface area (TPSA) is 73.3 Å². The first-order valence-corrected chi connectivity index (χ1v) is 8.24. The van der Waals surface area contributed by atoms with Crippen LogP contribution < -0.4 is 4.18 Å². The molecule has 0 radical (unpaired) electrons. The van der Waals surface area contributed by atoms with Crippen molar-refractivity contribution in [3.63, 3.8) is 0 Å². The van der Waals surface area contributed by atoms with Crippen LogP contribution in [-0.2, 0) is 10.1 Å². The van der Waals surface area contributed by atoms with Crippen LogP contribution in [0.3, 0.4) is 0 Å². The summed E-state index contributed by atoms with van der Waals surface area (Å²) in [6.45, 7) is 1.32. The molecule has 0 saturated carbocycles. The van der Waals surface area contributed by atoms with Gasteiger partial charge < -0.3 is 4.18 Å². The maximum atomic E-state index is 12.1. The van der Waals surface area contributed by atoms with E-state index >= 15 is 0 Å². The molecule has 110 valence electrons. The number of Topliss-reactive ketones (excluding diaryl/α,β-unsaturated/α-hetero) is 1. The summed E-state index contributed by atoms with van der Waals surface area (Å²) >= 11 is 8.82. The van der Waals surface area contributed by atoms with Gasteiger partial charge in [0.2, 0.25) is 0 Å². The molecule has 0 saturated heterocycles. The van der Waals surface area contributed by atoms with E-state index in [1.807, 2.05) is 0 Å². The first-order chi connectivity index (χ1) is 9.79. The van der Waals surface area contributed by atoms with Crippen LogP contribution in [0.4, 0.5) is 0 Å². The molecule has 0 spiro atoms. The summed E-state index contributed by atoms with van der Waals surface area (Å²) in [5.74, 6) is -0.351. The lowest BCUT2D eigenvalue weighted by molar-refractivity contribution is 0.101. The van der Waals surface area contributed by atoms with Crippen LogP contribution in [-0.4, -0.2) is 19.2 Å². The van der Waals surface area contributed by atoms with E-state index < -0.39 is 10.1 Å². The van der Waals surface area contributed by atoms with Crippen molar-refractivity contribution in [3.8, 4) is 5.75 Å². The number of hydrogen-bond donors (Lipinski definition) is 0. The lowest BCUT2D eigenvalue weighted by atomic mass is 10.1. The smallest absolute Gasteiger partial charge is 0.340 e. The highest BCUT2D eigenvalue weighted by Crippen LogP contribution is 2.26. The molecule has 5 nitrogen and oxygen atoms in total. The van der Waals surface area contributed by atoms with Crippen LogP contribution >= 0.6 is 27.5 Å². The monoisotopic (exact) mass is 389 g/mol. The maximum absolute atomic E-state index is 12.1. The third-order valence-electron chi connectivity index (χ3n) is 2.51. The predicted molar refractivity (Wildman–Crippen MR) is 81.2 cm³/mol. The first-order valence-electron chi connectivity index (χ1n) is 5.66. The summed E-state index contributed by atoms with van der Waals surface area (Å²) in [6.07, 6.45) is 1.09. The second kappa shape index (κ2) is 6.13. The first kappa shape index (κ1) is 15.9. The Balaban J connectivity index is 2.41. The number of halogens is 2. The third kappa shape index (κ3) is 3.81. The Morgan fingerprint density at radius 3 is 2.57 bits per heavy atom. The zero-order valence-electron chi connectivity index (χ0n) is 10.7. The van der Waals surface area contributed by atoms with Gasteiger partial charge in [-0.1, -0.05) is 27.5 Å². The van der Waals surface area contributed by atoms with Crippen LogP contribution in [0.5, 0.6) is 5.75 Å². The Morgan fingerprint density at radius 2 is 2.00 bits per heavy atom. The summed E-state index contributed by atoms with van der Waals surface area (Å²) in [5.41, 5.74) is 0.162. The summed E-state index contributed by atoms with van der Waals surface area (Å²) in [5, 5.41) is 0.169. The fourth-order valence-corrected chi connectivity index (χ4v) is 2.89. The van der Waals surface area contributed by atoms with Gasteiger partial charge in [-0.2, -0.15) is 8.42 Å². The molecule has 0 atom stereocenters. The largest absolute Gasteiger partial charge is 0.378 e. The standard InChI is InChI=1S/C13H9BrClNO4S/c1-8(17)11-6-9(14)2-4-12(11)20-21(18,19)10-3-5-13(15)16-7-10/h2-7H,1H3. The van der Waals surface area contributed by atoms with Crippen LogP contribution in [0.25, 0.3) is 0 Å². The number of benzene rings is 1. The molecule has 0 bridgehead atoms. The Kier molecular flexibility index (Phi) is 4.65. The number of nitrogens with zero attached hydrogens (tertiary/aromatic N) is 1. The molecule has 8 heteroatoms. The minimum Gasteiger partial charge on any atom is -0.378 e. The number of aromatic nitrogens is 1. The van der Waals surface area contributed by atoms with Crippen LogP contribution in [0.1, 0.15) is 17.3 Å². The van der Waals surface area contributed by atoms with Gasteiger partial charge in [0, 0.05) is 4.47 Å². The molecule has 1 heterocycles. The predicted octanol–water partition coefficient (Wildman–Crippen LogP) is 3.47. The molecule has 0 amide bonds. The third-order valence-corrected chi connectivity index (χ3v) is 4.44. The van der Waals surface area contributed by atoms with E-state index in [0.717, 1.165) is 6.20 Å². The zero-order valence-corrected chi connectivity index (χ0v) is 13.9. The van der Waals surface area contributed by atoms with Crippen LogP contribution in [0, 0.1) is 0 Å². The van der Waals surface area contributed by atoms with Crippen molar-refractivity contribution in [2.24, 2.45) is 0 Å². The highest BCUT2D eigenvalue weighted by molar-refractivity contribution is 9.10. The maximum Gasteiger partial charge on any atom is 0.340 e. The molecule has 0 aliphatic rings. The number of rotatable bonds is 4. The minimum atomic E-state index is -4.09. The summed E-state index contributed by atoms with van der Waals surface area (Å²) in [7, 11) is -4.09. The van der Waals surface area contributed by atoms with Gasteiger partial charge in [-0.15, -0.1) is 0 Å². The van der Waals surface area contributed by atoms with E-state index in [1.54, 1.807) is 6.07 Å². The molecule has 21 heavy (non-hydrogen) atoms. The SMILES string of the molecule is CC(=O)c1cc(Br)ccc1OS(=O)(=O)c1ccc(Cl)nc1. The van der Waals surface area contributed by atoms with Crippen molar-refractivity contribution in [3.05, 3.63) is 51.7 Å². The van der Waals surface area contributed by atoms with Crippen LogP contribution in [0.2, 0.25) is 5.15 Å². The van der Waals surface area contributed by atoms with Crippen molar-refractivity contribution >= 4 is 43.4 Å².